The molecule has 3 nitrogen and oxygen atoms in total. The predicted molar refractivity (Wildman–Crippen MR) is 139 cm³/mol. The zero-order valence-corrected chi connectivity index (χ0v) is 19.1. The number of pyridine rings is 1. The molecule has 0 fully saturated rings. The number of imidazole rings is 1. The lowest BCUT2D eigenvalue weighted by Crippen LogP contribution is -2.32. The van der Waals surface area contributed by atoms with E-state index in [9.17, 15) is 0 Å². The Labute approximate surface area is 203 Å². The van der Waals surface area contributed by atoms with Crippen LogP contribution in [0.15, 0.2) is 121 Å². The number of aromatic amines is 1. The van der Waals surface area contributed by atoms with Crippen molar-refractivity contribution in [3.05, 3.63) is 126 Å². The molecule has 34 heavy (non-hydrogen) atoms. The average Bonchev–Trinajstić information content (AvgIpc) is 3.30. The SMILES string of the molecule is Clc1ccc(-[n+]2c(-c3cc(-c4ccccc4)cc(-c4ccccc4)n3)[nH]c3ccccc32)cc1. The van der Waals surface area contributed by atoms with Gasteiger partial charge in [-0.15, -0.1) is 0 Å². The summed E-state index contributed by atoms with van der Waals surface area (Å²) in [7, 11) is 0. The zero-order chi connectivity index (χ0) is 22.9. The molecule has 2 aromatic heterocycles. The van der Waals surface area contributed by atoms with Crippen LogP contribution in [-0.4, -0.2) is 9.97 Å². The maximum Gasteiger partial charge on any atom is 0.311 e. The van der Waals surface area contributed by atoms with Crippen molar-refractivity contribution < 1.29 is 4.57 Å². The minimum Gasteiger partial charge on any atom is -0.240 e. The number of hydrogen-bond acceptors (Lipinski definition) is 1. The second-order valence-electron chi connectivity index (χ2n) is 8.16. The normalized spacial score (nSPS) is 11.1. The molecule has 0 aliphatic rings. The molecule has 4 heteroatoms. The van der Waals surface area contributed by atoms with Gasteiger partial charge in [-0.25, -0.2) is 9.97 Å². The average molecular weight is 459 g/mol. The molecule has 1 N–H and O–H groups in total. The van der Waals surface area contributed by atoms with E-state index < -0.39 is 0 Å². The molecule has 0 saturated heterocycles. The van der Waals surface area contributed by atoms with E-state index in [4.69, 9.17) is 16.6 Å². The first-order valence-corrected chi connectivity index (χ1v) is 11.6. The fourth-order valence-electron chi connectivity index (χ4n) is 4.32. The first-order chi connectivity index (χ1) is 16.8. The van der Waals surface area contributed by atoms with Crippen LogP contribution in [0.3, 0.4) is 0 Å². The van der Waals surface area contributed by atoms with Gasteiger partial charge in [0.2, 0.25) is 0 Å². The lowest BCUT2D eigenvalue weighted by Gasteiger charge is -2.09. The number of aromatic nitrogens is 3. The Morgan fingerprint density at radius 2 is 1.21 bits per heavy atom. The van der Waals surface area contributed by atoms with Crippen LogP contribution in [0.5, 0.6) is 0 Å². The topological polar surface area (TPSA) is 32.6 Å². The van der Waals surface area contributed by atoms with Gasteiger partial charge < -0.3 is 0 Å². The number of hydrogen-bond donors (Lipinski definition) is 1. The molecule has 0 aliphatic carbocycles. The van der Waals surface area contributed by atoms with E-state index in [0.29, 0.717) is 5.02 Å². The minimum atomic E-state index is 0.710. The number of halogens is 1. The number of benzene rings is 4. The van der Waals surface area contributed by atoms with Gasteiger partial charge in [-0.05, 0) is 59.7 Å². The molecule has 162 valence electrons. The molecule has 0 amide bonds. The van der Waals surface area contributed by atoms with Gasteiger partial charge in [0.25, 0.3) is 0 Å². The monoisotopic (exact) mass is 458 g/mol. The van der Waals surface area contributed by atoms with Crippen molar-refractivity contribution >= 4 is 22.6 Å². The summed E-state index contributed by atoms with van der Waals surface area (Å²) in [5.41, 5.74) is 8.28. The number of nitrogens with one attached hydrogen (secondary N) is 1. The third-order valence-electron chi connectivity index (χ3n) is 5.95. The first kappa shape index (κ1) is 20.4. The largest absolute Gasteiger partial charge is 0.311 e. The van der Waals surface area contributed by atoms with Crippen molar-refractivity contribution in [2.75, 3.05) is 0 Å². The van der Waals surface area contributed by atoms with E-state index in [-0.39, 0.29) is 0 Å². The zero-order valence-electron chi connectivity index (χ0n) is 18.3. The number of para-hydroxylation sites is 2. The van der Waals surface area contributed by atoms with Crippen LogP contribution in [-0.2, 0) is 0 Å². The highest BCUT2D eigenvalue weighted by atomic mass is 35.5. The smallest absolute Gasteiger partial charge is 0.240 e. The van der Waals surface area contributed by atoms with Gasteiger partial charge in [-0.1, -0.05) is 84.4 Å². The number of fused-ring (bicyclic) bond motifs is 1. The number of nitrogens with zero attached hydrogens (tertiary/aromatic N) is 2. The first-order valence-electron chi connectivity index (χ1n) is 11.2. The van der Waals surface area contributed by atoms with Crippen LogP contribution in [0.4, 0.5) is 0 Å². The van der Waals surface area contributed by atoms with Gasteiger partial charge in [-0.2, -0.15) is 4.57 Å². The molecule has 0 atom stereocenters. The van der Waals surface area contributed by atoms with Crippen molar-refractivity contribution in [3.63, 3.8) is 0 Å². The van der Waals surface area contributed by atoms with Gasteiger partial charge in [0.05, 0.1) is 5.69 Å². The molecule has 0 aliphatic heterocycles. The summed E-state index contributed by atoms with van der Waals surface area (Å²) in [5, 5.41) is 0.710. The van der Waals surface area contributed by atoms with Crippen molar-refractivity contribution in [1.29, 1.82) is 0 Å². The van der Waals surface area contributed by atoms with Crippen molar-refractivity contribution in [1.82, 2.24) is 9.97 Å². The Balaban J connectivity index is 1.64. The standard InChI is InChI=1S/C30H20ClN3/c31-24-15-17-25(18-16-24)34-29-14-8-7-13-26(29)33-30(34)28-20-23(21-9-3-1-4-10-21)19-27(32-28)22-11-5-2-6-12-22/h1-20H/p+1. The fraction of sp³-hybridized carbons (Fsp3) is 0. The van der Waals surface area contributed by atoms with Crippen LogP contribution >= 0.6 is 11.6 Å². The highest BCUT2D eigenvalue weighted by molar-refractivity contribution is 6.30. The van der Waals surface area contributed by atoms with Gasteiger partial charge in [0.1, 0.15) is 5.69 Å². The molecule has 0 radical (unpaired) electrons. The summed E-state index contributed by atoms with van der Waals surface area (Å²) in [6.07, 6.45) is 0. The second-order valence-corrected chi connectivity index (χ2v) is 8.60. The van der Waals surface area contributed by atoms with Crippen molar-refractivity contribution in [2.24, 2.45) is 0 Å². The minimum absolute atomic E-state index is 0.710. The highest BCUT2D eigenvalue weighted by Crippen LogP contribution is 2.30. The van der Waals surface area contributed by atoms with E-state index >= 15 is 0 Å². The number of rotatable bonds is 4. The molecule has 0 spiro atoms. The summed E-state index contributed by atoms with van der Waals surface area (Å²) < 4.78 is 2.21. The molecule has 6 aromatic rings. The molecule has 2 heterocycles. The maximum atomic E-state index is 6.20. The van der Waals surface area contributed by atoms with Gasteiger partial charge in [0, 0.05) is 10.6 Å². The Morgan fingerprint density at radius 1 is 0.588 bits per heavy atom. The van der Waals surface area contributed by atoms with E-state index in [1.807, 2.05) is 54.6 Å². The Kier molecular flexibility index (Phi) is 5.17. The third-order valence-corrected chi connectivity index (χ3v) is 6.20. The van der Waals surface area contributed by atoms with Crippen molar-refractivity contribution in [3.8, 4) is 39.6 Å². The highest BCUT2D eigenvalue weighted by Gasteiger charge is 2.24. The van der Waals surface area contributed by atoms with Gasteiger partial charge in [0.15, 0.2) is 16.7 Å². The van der Waals surface area contributed by atoms with E-state index in [0.717, 1.165) is 50.6 Å². The van der Waals surface area contributed by atoms with Crippen LogP contribution in [0, 0.1) is 0 Å². The van der Waals surface area contributed by atoms with Crippen LogP contribution in [0.2, 0.25) is 5.02 Å². The molecule has 0 unspecified atom stereocenters. The number of H-pyrrole nitrogens is 1. The molecule has 4 aromatic carbocycles. The lowest BCUT2D eigenvalue weighted by atomic mass is 10.0. The molecule has 0 saturated carbocycles. The quantitative estimate of drug-likeness (QED) is 0.272. The lowest BCUT2D eigenvalue weighted by molar-refractivity contribution is -0.554. The Hall–Kier alpha value is -4.21. The van der Waals surface area contributed by atoms with Crippen LogP contribution < -0.4 is 4.57 Å². The Bertz CT molecular complexity index is 1530. The van der Waals surface area contributed by atoms with Crippen molar-refractivity contribution in [2.45, 2.75) is 0 Å². The van der Waals surface area contributed by atoms with E-state index in [2.05, 4.69) is 76.3 Å². The molecule has 6 rings (SSSR count). The van der Waals surface area contributed by atoms with Crippen LogP contribution in [0.1, 0.15) is 0 Å². The van der Waals surface area contributed by atoms with Gasteiger partial charge >= 0.3 is 5.82 Å². The predicted octanol–water partition coefficient (Wildman–Crippen LogP) is 7.49. The molecular formula is C30H21ClN3+. The summed E-state index contributed by atoms with van der Waals surface area (Å²) in [6, 6.07) is 41.2. The Morgan fingerprint density at radius 3 is 1.94 bits per heavy atom. The van der Waals surface area contributed by atoms with Crippen LogP contribution in [0.25, 0.3) is 50.6 Å². The molecule has 0 bridgehead atoms. The summed E-state index contributed by atoms with van der Waals surface area (Å²) in [5.74, 6) is 0.915. The summed E-state index contributed by atoms with van der Waals surface area (Å²) >= 11 is 6.20. The van der Waals surface area contributed by atoms with Gasteiger partial charge in [-0.3, -0.25) is 0 Å². The second kappa shape index (κ2) is 8.62. The van der Waals surface area contributed by atoms with E-state index in [1.54, 1.807) is 0 Å². The summed E-state index contributed by atoms with van der Waals surface area (Å²) in [6.45, 7) is 0. The fourth-order valence-corrected chi connectivity index (χ4v) is 4.45. The summed E-state index contributed by atoms with van der Waals surface area (Å²) in [4.78, 5) is 8.74. The van der Waals surface area contributed by atoms with E-state index in [1.165, 1.54) is 0 Å². The third kappa shape index (κ3) is 3.76. The maximum absolute atomic E-state index is 6.20. The molecular weight excluding hydrogens is 438 g/mol.